The number of unbranched alkanes of at least 4 members (excludes halogenated alkanes) is 1. The lowest BCUT2D eigenvalue weighted by atomic mass is 10.1. The standard InChI is InChI=1S/C22H22ClN3O2S/c1-3-4-13-28-21(27)17-10-6-5-9-16(17)14-24-26(2)22-25-20(15-29-22)18-11-7-8-12-19(18)23/h5-12,14-15H,3-4,13H2,1-2H3/b24-14+. The summed E-state index contributed by atoms with van der Waals surface area (Å²) in [5.41, 5.74) is 2.88. The summed E-state index contributed by atoms with van der Waals surface area (Å²) in [6.45, 7) is 2.48. The summed E-state index contributed by atoms with van der Waals surface area (Å²) in [6.07, 6.45) is 3.47. The second-order valence-corrected chi connectivity index (χ2v) is 7.58. The number of nitrogens with zero attached hydrogens (tertiary/aromatic N) is 3. The lowest BCUT2D eigenvalue weighted by molar-refractivity contribution is 0.0499. The molecule has 0 aliphatic rings. The number of ether oxygens (including phenoxy) is 1. The third-order valence-corrected chi connectivity index (χ3v) is 5.44. The van der Waals surface area contributed by atoms with Crippen molar-refractivity contribution in [3.8, 4) is 11.3 Å². The molecule has 0 radical (unpaired) electrons. The van der Waals surface area contributed by atoms with Crippen molar-refractivity contribution in [1.82, 2.24) is 4.98 Å². The van der Waals surface area contributed by atoms with Crippen molar-refractivity contribution < 1.29 is 9.53 Å². The van der Waals surface area contributed by atoms with Crippen LogP contribution in [0.25, 0.3) is 11.3 Å². The largest absolute Gasteiger partial charge is 0.462 e. The molecule has 1 heterocycles. The van der Waals surface area contributed by atoms with Crippen LogP contribution in [0.3, 0.4) is 0 Å². The molecule has 0 bridgehead atoms. The molecule has 5 nitrogen and oxygen atoms in total. The topological polar surface area (TPSA) is 54.8 Å². The molecule has 0 unspecified atom stereocenters. The van der Waals surface area contributed by atoms with Crippen LogP contribution in [0.2, 0.25) is 5.02 Å². The van der Waals surface area contributed by atoms with Crippen molar-refractivity contribution in [3.05, 3.63) is 70.1 Å². The van der Waals surface area contributed by atoms with E-state index in [-0.39, 0.29) is 5.97 Å². The second-order valence-electron chi connectivity index (χ2n) is 6.34. The zero-order valence-corrected chi connectivity index (χ0v) is 17.9. The maximum absolute atomic E-state index is 12.3. The Morgan fingerprint density at radius 3 is 2.79 bits per heavy atom. The van der Waals surface area contributed by atoms with Gasteiger partial charge in [0, 0.05) is 28.6 Å². The highest BCUT2D eigenvalue weighted by molar-refractivity contribution is 7.14. The van der Waals surface area contributed by atoms with E-state index < -0.39 is 0 Å². The third-order valence-electron chi connectivity index (χ3n) is 4.20. The maximum Gasteiger partial charge on any atom is 0.338 e. The highest BCUT2D eigenvalue weighted by Gasteiger charge is 2.12. The number of benzene rings is 2. The van der Waals surface area contributed by atoms with Gasteiger partial charge in [0.05, 0.1) is 24.1 Å². The molecule has 7 heteroatoms. The highest BCUT2D eigenvalue weighted by atomic mass is 35.5. The Kier molecular flexibility index (Phi) is 7.38. The third kappa shape index (κ3) is 5.43. The first-order valence-electron chi connectivity index (χ1n) is 9.34. The summed E-state index contributed by atoms with van der Waals surface area (Å²) >= 11 is 7.73. The lowest BCUT2D eigenvalue weighted by Crippen LogP contribution is -2.11. The minimum Gasteiger partial charge on any atom is -0.462 e. The number of halogens is 1. The summed E-state index contributed by atoms with van der Waals surface area (Å²) in [5.74, 6) is -0.335. The van der Waals surface area contributed by atoms with E-state index in [4.69, 9.17) is 16.3 Å². The van der Waals surface area contributed by atoms with Gasteiger partial charge in [0.1, 0.15) is 0 Å². The minimum atomic E-state index is -0.335. The van der Waals surface area contributed by atoms with Crippen molar-refractivity contribution in [2.75, 3.05) is 18.7 Å². The van der Waals surface area contributed by atoms with Gasteiger partial charge in [-0.3, -0.25) is 0 Å². The number of hydrogen-bond donors (Lipinski definition) is 0. The predicted molar refractivity (Wildman–Crippen MR) is 120 cm³/mol. The Bertz CT molecular complexity index is 1000. The normalized spacial score (nSPS) is 11.0. The van der Waals surface area contributed by atoms with Crippen molar-refractivity contribution in [3.63, 3.8) is 0 Å². The van der Waals surface area contributed by atoms with Gasteiger partial charge in [0.2, 0.25) is 5.13 Å². The highest BCUT2D eigenvalue weighted by Crippen LogP contribution is 2.31. The quantitative estimate of drug-likeness (QED) is 0.194. The molecule has 0 atom stereocenters. The Hall–Kier alpha value is -2.70. The van der Waals surface area contributed by atoms with Gasteiger partial charge in [-0.2, -0.15) is 5.10 Å². The Morgan fingerprint density at radius 2 is 2.00 bits per heavy atom. The van der Waals surface area contributed by atoms with Crippen LogP contribution < -0.4 is 5.01 Å². The van der Waals surface area contributed by atoms with Gasteiger partial charge >= 0.3 is 5.97 Å². The van der Waals surface area contributed by atoms with Gasteiger partial charge in [0.15, 0.2) is 0 Å². The first kappa shape index (κ1) is 21.0. The van der Waals surface area contributed by atoms with Gasteiger partial charge in [-0.05, 0) is 18.6 Å². The molecule has 3 aromatic rings. The number of thiazole rings is 1. The first-order chi connectivity index (χ1) is 14.1. The second kappa shape index (κ2) is 10.2. The monoisotopic (exact) mass is 427 g/mol. The van der Waals surface area contributed by atoms with Crippen LogP contribution in [-0.4, -0.2) is 30.8 Å². The molecule has 0 spiro atoms. The lowest BCUT2D eigenvalue weighted by Gasteiger charge is -2.10. The maximum atomic E-state index is 12.3. The average Bonchev–Trinajstić information content (AvgIpc) is 3.23. The van der Waals surface area contributed by atoms with E-state index in [1.165, 1.54) is 11.3 Å². The first-order valence-corrected chi connectivity index (χ1v) is 10.6. The summed E-state index contributed by atoms with van der Waals surface area (Å²) in [6, 6.07) is 14.9. The van der Waals surface area contributed by atoms with Gasteiger partial charge in [0.25, 0.3) is 0 Å². The molecule has 2 aromatic carbocycles. The van der Waals surface area contributed by atoms with E-state index in [0.717, 1.165) is 29.2 Å². The molecule has 150 valence electrons. The molecule has 29 heavy (non-hydrogen) atoms. The molecule has 0 saturated carbocycles. The summed E-state index contributed by atoms with van der Waals surface area (Å²) in [7, 11) is 1.81. The molecule has 0 fully saturated rings. The van der Waals surface area contributed by atoms with Crippen LogP contribution >= 0.6 is 22.9 Å². The number of anilines is 1. The van der Waals surface area contributed by atoms with E-state index in [1.54, 1.807) is 17.3 Å². The van der Waals surface area contributed by atoms with E-state index in [0.29, 0.717) is 22.8 Å². The van der Waals surface area contributed by atoms with Gasteiger partial charge in [-0.25, -0.2) is 14.8 Å². The number of rotatable bonds is 8. The van der Waals surface area contributed by atoms with Crippen LogP contribution in [0, 0.1) is 0 Å². The smallest absolute Gasteiger partial charge is 0.338 e. The number of hydrazone groups is 1. The Morgan fingerprint density at radius 1 is 1.24 bits per heavy atom. The Balaban J connectivity index is 1.74. The predicted octanol–water partition coefficient (Wildman–Crippen LogP) is 5.89. The van der Waals surface area contributed by atoms with Crippen LogP contribution in [0.4, 0.5) is 5.13 Å². The molecule has 3 rings (SSSR count). The number of carbonyl (C=O) groups is 1. The summed E-state index contributed by atoms with van der Waals surface area (Å²) in [4.78, 5) is 16.9. The van der Waals surface area contributed by atoms with Crippen LogP contribution in [0.5, 0.6) is 0 Å². The number of aromatic nitrogens is 1. The number of hydrogen-bond acceptors (Lipinski definition) is 6. The van der Waals surface area contributed by atoms with Gasteiger partial charge < -0.3 is 4.74 Å². The minimum absolute atomic E-state index is 0.335. The van der Waals surface area contributed by atoms with Crippen LogP contribution in [0.15, 0.2) is 59.0 Å². The van der Waals surface area contributed by atoms with E-state index >= 15 is 0 Å². The zero-order valence-electron chi connectivity index (χ0n) is 16.3. The SMILES string of the molecule is CCCCOC(=O)c1ccccc1/C=N/N(C)c1nc(-c2ccccc2Cl)cs1. The van der Waals surface area contributed by atoms with Crippen molar-refractivity contribution in [2.45, 2.75) is 19.8 Å². The number of carbonyl (C=O) groups excluding carboxylic acids is 1. The zero-order chi connectivity index (χ0) is 20.6. The van der Waals surface area contributed by atoms with E-state index in [2.05, 4.69) is 17.0 Å². The molecule has 0 amide bonds. The fourth-order valence-corrected chi connectivity index (χ4v) is 3.57. The molecule has 0 aliphatic heterocycles. The molecule has 0 N–H and O–H groups in total. The average molecular weight is 428 g/mol. The van der Waals surface area contributed by atoms with Gasteiger partial charge in [-0.1, -0.05) is 61.3 Å². The molecule has 0 saturated heterocycles. The van der Waals surface area contributed by atoms with Crippen LogP contribution in [0.1, 0.15) is 35.7 Å². The summed E-state index contributed by atoms with van der Waals surface area (Å²) in [5, 5.41) is 9.45. The van der Waals surface area contributed by atoms with Crippen molar-refractivity contribution >= 4 is 40.3 Å². The van der Waals surface area contributed by atoms with E-state index in [9.17, 15) is 4.79 Å². The number of esters is 1. The van der Waals surface area contributed by atoms with Crippen molar-refractivity contribution in [1.29, 1.82) is 0 Å². The van der Waals surface area contributed by atoms with E-state index in [1.807, 2.05) is 54.9 Å². The van der Waals surface area contributed by atoms with Crippen molar-refractivity contribution in [2.24, 2.45) is 5.10 Å². The fourth-order valence-electron chi connectivity index (χ4n) is 2.59. The molecule has 0 aliphatic carbocycles. The molecule has 1 aromatic heterocycles. The molecular weight excluding hydrogens is 406 g/mol. The fraction of sp³-hybridized carbons (Fsp3) is 0.227. The molecular formula is C22H22ClN3O2S. The Labute approximate surface area is 179 Å². The summed E-state index contributed by atoms with van der Waals surface area (Å²) < 4.78 is 5.33. The van der Waals surface area contributed by atoms with Gasteiger partial charge in [-0.15, -0.1) is 11.3 Å². The van der Waals surface area contributed by atoms with Crippen LogP contribution in [-0.2, 0) is 4.74 Å².